The lowest BCUT2D eigenvalue weighted by atomic mass is 10.0. The Morgan fingerprint density at radius 2 is 2.29 bits per heavy atom. The van der Waals surface area contributed by atoms with Crippen molar-refractivity contribution < 1.29 is 18.7 Å². The van der Waals surface area contributed by atoms with Crippen molar-refractivity contribution in [1.82, 2.24) is 4.90 Å². The highest BCUT2D eigenvalue weighted by atomic mass is 32.1. The maximum Gasteiger partial charge on any atom is 0.410 e. The van der Waals surface area contributed by atoms with Gasteiger partial charge in [-0.25, -0.2) is 9.18 Å². The Bertz CT molecular complexity index is 978. The summed E-state index contributed by atoms with van der Waals surface area (Å²) in [6.07, 6.45) is 2.94. The largest absolute Gasteiger partial charge is 0.450 e. The van der Waals surface area contributed by atoms with E-state index in [0.29, 0.717) is 42.2 Å². The van der Waals surface area contributed by atoms with Crippen LogP contribution in [0.25, 0.3) is 6.08 Å². The number of nitrogens with one attached hydrogen (secondary N) is 1. The Morgan fingerprint density at radius 3 is 3.00 bits per heavy atom. The highest BCUT2D eigenvalue weighted by molar-refractivity contribution is 7.16. The average molecular weight is 399 g/mol. The van der Waals surface area contributed by atoms with Crippen LogP contribution < -0.4 is 5.32 Å². The Kier molecular flexibility index (Phi) is 6.06. The Labute approximate surface area is 165 Å². The van der Waals surface area contributed by atoms with Crippen molar-refractivity contribution in [3.8, 4) is 6.07 Å². The van der Waals surface area contributed by atoms with Gasteiger partial charge in [0.2, 0.25) is 5.91 Å². The van der Waals surface area contributed by atoms with E-state index >= 15 is 0 Å². The summed E-state index contributed by atoms with van der Waals surface area (Å²) in [6, 6.07) is 8.03. The number of fused-ring (bicyclic) bond motifs is 1. The molecule has 2 amide bonds. The second-order valence-corrected chi connectivity index (χ2v) is 7.17. The Morgan fingerprint density at radius 1 is 1.46 bits per heavy atom. The van der Waals surface area contributed by atoms with E-state index in [1.807, 2.05) is 0 Å². The number of hydrogen-bond acceptors (Lipinski definition) is 5. The number of carbonyl (C=O) groups is 2. The van der Waals surface area contributed by atoms with Gasteiger partial charge in [0.15, 0.2) is 0 Å². The molecule has 6 nitrogen and oxygen atoms in total. The molecule has 28 heavy (non-hydrogen) atoms. The van der Waals surface area contributed by atoms with Gasteiger partial charge in [-0.15, -0.1) is 11.3 Å². The van der Waals surface area contributed by atoms with Crippen LogP contribution in [0.2, 0.25) is 0 Å². The molecule has 0 unspecified atom stereocenters. The molecule has 0 saturated carbocycles. The molecule has 3 rings (SSSR count). The third-order valence-corrected chi connectivity index (χ3v) is 5.34. The van der Waals surface area contributed by atoms with Crippen LogP contribution in [0.1, 0.15) is 28.5 Å². The average Bonchev–Trinajstić information content (AvgIpc) is 3.02. The van der Waals surface area contributed by atoms with E-state index in [1.165, 1.54) is 35.6 Å². The summed E-state index contributed by atoms with van der Waals surface area (Å²) in [5, 5.41) is 12.7. The summed E-state index contributed by atoms with van der Waals surface area (Å²) in [7, 11) is 0. The molecule has 0 bridgehead atoms. The molecule has 2 aromatic rings. The van der Waals surface area contributed by atoms with Crippen LogP contribution in [0.5, 0.6) is 0 Å². The smallest absolute Gasteiger partial charge is 0.410 e. The van der Waals surface area contributed by atoms with E-state index < -0.39 is 5.91 Å². The molecule has 0 saturated heterocycles. The summed E-state index contributed by atoms with van der Waals surface area (Å²) < 4.78 is 18.2. The molecule has 0 fully saturated rings. The van der Waals surface area contributed by atoms with Gasteiger partial charge in [0.1, 0.15) is 16.9 Å². The second kappa shape index (κ2) is 8.67. The van der Waals surface area contributed by atoms with Gasteiger partial charge in [-0.1, -0.05) is 12.1 Å². The van der Waals surface area contributed by atoms with Crippen LogP contribution >= 0.6 is 11.3 Å². The molecule has 1 aliphatic rings. The van der Waals surface area contributed by atoms with Gasteiger partial charge in [-0.05, 0) is 42.7 Å². The van der Waals surface area contributed by atoms with Crippen molar-refractivity contribution in [3.05, 3.63) is 57.7 Å². The Hall–Kier alpha value is -3.18. The van der Waals surface area contributed by atoms with Crippen LogP contribution in [0.4, 0.5) is 14.2 Å². The van der Waals surface area contributed by atoms with Crippen molar-refractivity contribution >= 4 is 34.4 Å². The third-order valence-electron chi connectivity index (χ3n) is 4.21. The molecule has 0 spiro atoms. The lowest BCUT2D eigenvalue weighted by molar-refractivity contribution is -0.111. The minimum absolute atomic E-state index is 0.301. The fraction of sp³-hybridized carbons (Fsp3) is 0.250. The lowest BCUT2D eigenvalue weighted by Crippen LogP contribution is -2.35. The number of carbonyl (C=O) groups excluding carboxylic acids is 2. The molecule has 1 N–H and O–H groups in total. The minimum atomic E-state index is -0.415. The number of nitriles is 1. The molecular formula is C20H18FN3O3S. The zero-order valence-electron chi connectivity index (χ0n) is 15.2. The fourth-order valence-corrected chi connectivity index (χ4v) is 4.13. The van der Waals surface area contributed by atoms with Crippen molar-refractivity contribution in [2.45, 2.75) is 19.9 Å². The molecule has 1 aromatic carbocycles. The number of benzene rings is 1. The van der Waals surface area contributed by atoms with E-state index in [4.69, 9.17) is 4.74 Å². The first kappa shape index (κ1) is 19.6. The predicted octanol–water partition coefficient (Wildman–Crippen LogP) is 3.93. The first-order valence-corrected chi connectivity index (χ1v) is 9.54. The van der Waals surface area contributed by atoms with E-state index in [-0.39, 0.29) is 11.9 Å². The van der Waals surface area contributed by atoms with Gasteiger partial charge in [-0.2, -0.15) is 5.26 Å². The second-order valence-electron chi connectivity index (χ2n) is 6.07. The number of ether oxygens (including phenoxy) is 1. The number of thiophene rings is 1. The molecule has 144 valence electrons. The van der Waals surface area contributed by atoms with Crippen LogP contribution in [0.3, 0.4) is 0 Å². The first-order valence-electron chi connectivity index (χ1n) is 8.72. The van der Waals surface area contributed by atoms with E-state index in [0.717, 1.165) is 10.4 Å². The molecule has 2 heterocycles. The maximum atomic E-state index is 13.2. The van der Waals surface area contributed by atoms with Gasteiger partial charge in [0.05, 0.1) is 18.7 Å². The standard InChI is InChI=1S/C20H18FN3O3S/c1-2-27-20(26)24-9-8-15-16(11-22)19(28-17(15)12-24)23-18(25)7-6-13-4-3-5-14(21)10-13/h3-7,10H,2,8-9,12H2,1H3,(H,23,25). The number of amides is 2. The number of halogens is 1. The molecule has 1 aromatic heterocycles. The SMILES string of the molecule is CCOC(=O)N1CCc2c(sc(NC(=O)C=Cc3cccc(F)c3)c2C#N)C1. The predicted molar refractivity (Wildman–Crippen MR) is 104 cm³/mol. The third kappa shape index (κ3) is 4.38. The fourth-order valence-electron chi connectivity index (χ4n) is 2.92. The summed E-state index contributed by atoms with van der Waals surface area (Å²) in [6.45, 7) is 2.86. The minimum Gasteiger partial charge on any atom is -0.450 e. The van der Waals surface area contributed by atoms with Crippen LogP contribution in [-0.4, -0.2) is 30.1 Å². The van der Waals surface area contributed by atoms with Gasteiger partial charge >= 0.3 is 6.09 Å². The molecule has 0 radical (unpaired) electrons. The van der Waals surface area contributed by atoms with Crippen LogP contribution in [-0.2, 0) is 22.5 Å². The van der Waals surface area contributed by atoms with Gasteiger partial charge < -0.3 is 15.0 Å². The summed E-state index contributed by atoms with van der Waals surface area (Å²) in [5.74, 6) is -0.798. The molecule has 0 aliphatic carbocycles. The zero-order chi connectivity index (χ0) is 20.1. The normalized spacial score (nSPS) is 13.1. The lowest BCUT2D eigenvalue weighted by Gasteiger charge is -2.25. The number of anilines is 1. The molecule has 8 heteroatoms. The highest BCUT2D eigenvalue weighted by Gasteiger charge is 2.27. The van der Waals surface area contributed by atoms with Crippen molar-refractivity contribution in [3.63, 3.8) is 0 Å². The number of rotatable bonds is 4. The maximum absolute atomic E-state index is 13.2. The van der Waals surface area contributed by atoms with Crippen LogP contribution in [0.15, 0.2) is 30.3 Å². The molecule has 0 atom stereocenters. The number of hydrogen-bond donors (Lipinski definition) is 1. The van der Waals surface area contributed by atoms with E-state index in [1.54, 1.807) is 24.0 Å². The van der Waals surface area contributed by atoms with Gasteiger partial charge in [0.25, 0.3) is 0 Å². The highest BCUT2D eigenvalue weighted by Crippen LogP contribution is 2.36. The van der Waals surface area contributed by atoms with Crippen LogP contribution in [0, 0.1) is 17.1 Å². The van der Waals surface area contributed by atoms with Crippen molar-refractivity contribution in [2.75, 3.05) is 18.5 Å². The van der Waals surface area contributed by atoms with Crippen molar-refractivity contribution in [1.29, 1.82) is 5.26 Å². The molecule has 1 aliphatic heterocycles. The number of nitrogens with zero attached hydrogens (tertiary/aromatic N) is 2. The summed E-state index contributed by atoms with van der Waals surface area (Å²) in [5.41, 5.74) is 1.85. The van der Waals surface area contributed by atoms with E-state index in [2.05, 4.69) is 11.4 Å². The van der Waals surface area contributed by atoms with Gasteiger partial charge in [0, 0.05) is 17.5 Å². The monoisotopic (exact) mass is 399 g/mol. The summed E-state index contributed by atoms with van der Waals surface area (Å²) in [4.78, 5) is 26.6. The first-order chi connectivity index (χ1) is 13.5. The van der Waals surface area contributed by atoms with Gasteiger partial charge in [-0.3, -0.25) is 4.79 Å². The quantitative estimate of drug-likeness (QED) is 0.790. The molecular weight excluding hydrogens is 381 g/mol. The van der Waals surface area contributed by atoms with Crippen molar-refractivity contribution in [2.24, 2.45) is 0 Å². The Balaban J connectivity index is 1.74. The summed E-state index contributed by atoms with van der Waals surface area (Å²) >= 11 is 1.28. The zero-order valence-corrected chi connectivity index (χ0v) is 16.0. The topological polar surface area (TPSA) is 82.4 Å². The van der Waals surface area contributed by atoms with E-state index in [9.17, 15) is 19.2 Å².